The first-order chi connectivity index (χ1) is 15.1. The Bertz CT molecular complexity index is 1150. The van der Waals surface area contributed by atoms with Crippen molar-refractivity contribution in [2.75, 3.05) is 7.11 Å². The molecule has 2 N–H and O–H groups in total. The highest BCUT2D eigenvalue weighted by Gasteiger charge is 2.56. The zero-order chi connectivity index (χ0) is 24.8. The van der Waals surface area contributed by atoms with Gasteiger partial charge in [-0.3, -0.25) is 0 Å². The van der Waals surface area contributed by atoms with Crippen LogP contribution in [0.4, 0.5) is 30.7 Å². The first-order valence-electron chi connectivity index (χ1n) is 9.74. The number of ether oxygens (including phenoxy) is 1. The average Bonchev–Trinajstić information content (AvgIpc) is 3.07. The number of H-pyrrole nitrogens is 1. The van der Waals surface area contributed by atoms with Gasteiger partial charge >= 0.3 is 12.4 Å². The van der Waals surface area contributed by atoms with E-state index in [1.807, 2.05) is 0 Å². The lowest BCUT2D eigenvalue weighted by atomic mass is 9.73. The van der Waals surface area contributed by atoms with Crippen LogP contribution >= 0.6 is 0 Å². The standard InChI is InChI=1S/C22H21F7N2O2/c1-19(2,15-8-13(23)4-5-17(15)33-3)11-20(32,22(27,28)29)9-14-6-12-7-18(21(24,25)26)30-10-16(12)31-14/h4-8,10,31-32H,9,11H2,1-3H3. The molecule has 11 heteroatoms. The number of benzene rings is 1. The monoisotopic (exact) mass is 478 g/mol. The molecule has 1 unspecified atom stereocenters. The molecular formula is C22H21F7N2O2. The topological polar surface area (TPSA) is 58.1 Å². The minimum Gasteiger partial charge on any atom is -0.496 e. The number of fused-ring (bicyclic) bond motifs is 1. The van der Waals surface area contributed by atoms with E-state index in [9.17, 15) is 35.8 Å². The molecule has 0 bridgehead atoms. The van der Waals surface area contributed by atoms with Crippen molar-refractivity contribution < 1.29 is 40.6 Å². The van der Waals surface area contributed by atoms with Crippen molar-refractivity contribution in [3.8, 4) is 5.75 Å². The Kier molecular flexibility index (Phi) is 6.16. The number of methoxy groups -OCH3 is 1. The summed E-state index contributed by atoms with van der Waals surface area (Å²) >= 11 is 0. The molecule has 4 nitrogen and oxygen atoms in total. The van der Waals surface area contributed by atoms with Gasteiger partial charge in [-0.2, -0.15) is 26.3 Å². The predicted molar refractivity (Wildman–Crippen MR) is 106 cm³/mol. The number of nitrogens with zero attached hydrogens (tertiary/aromatic N) is 1. The number of aromatic amines is 1. The third kappa shape index (κ3) is 5.07. The Hall–Kier alpha value is -2.82. The molecule has 0 spiro atoms. The van der Waals surface area contributed by atoms with Gasteiger partial charge in [0.2, 0.25) is 0 Å². The van der Waals surface area contributed by atoms with E-state index in [1.54, 1.807) is 0 Å². The lowest BCUT2D eigenvalue weighted by Gasteiger charge is -2.38. The molecule has 0 aliphatic heterocycles. The van der Waals surface area contributed by atoms with Crippen molar-refractivity contribution in [2.45, 2.75) is 50.1 Å². The lowest BCUT2D eigenvalue weighted by molar-refractivity contribution is -0.266. The summed E-state index contributed by atoms with van der Waals surface area (Å²) in [7, 11) is 1.29. The SMILES string of the molecule is COc1ccc(F)cc1C(C)(C)CC(O)(Cc1cc2cc(C(F)(F)F)ncc2[nH]1)C(F)(F)F. The fourth-order valence-corrected chi connectivity index (χ4v) is 3.96. The highest BCUT2D eigenvalue weighted by Crippen LogP contribution is 2.45. The molecule has 0 saturated heterocycles. The molecular weight excluding hydrogens is 457 g/mol. The number of rotatable bonds is 6. The smallest absolute Gasteiger partial charge is 0.433 e. The van der Waals surface area contributed by atoms with E-state index >= 15 is 0 Å². The first kappa shape index (κ1) is 24.8. The van der Waals surface area contributed by atoms with Crippen LogP contribution in [0, 0.1) is 5.82 Å². The second-order valence-electron chi connectivity index (χ2n) is 8.56. The fraction of sp³-hybridized carbons (Fsp3) is 0.409. The molecule has 3 aromatic rings. The molecule has 0 fully saturated rings. The number of nitrogens with one attached hydrogen (secondary N) is 1. The van der Waals surface area contributed by atoms with E-state index < -0.39 is 47.7 Å². The summed E-state index contributed by atoms with van der Waals surface area (Å²) in [5.74, 6) is -0.527. The van der Waals surface area contributed by atoms with Gasteiger partial charge in [0, 0.05) is 23.1 Å². The normalized spacial score (nSPS) is 15.0. The Labute approximate surface area is 184 Å². The number of pyridine rings is 1. The summed E-state index contributed by atoms with van der Waals surface area (Å²) in [5, 5.41) is 10.8. The molecule has 0 radical (unpaired) electrons. The molecule has 2 aromatic heterocycles. The maximum absolute atomic E-state index is 14.0. The van der Waals surface area contributed by atoms with Crippen molar-refractivity contribution >= 4 is 10.9 Å². The van der Waals surface area contributed by atoms with Gasteiger partial charge in [0.1, 0.15) is 17.3 Å². The predicted octanol–water partition coefficient (Wildman–Crippen LogP) is 5.93. The van der Waals surface area contributed by atoms with Gasteiger partial charge < -0.3 is 14.8 Å². The Morgan fingerprint density at radius 1 is 1.03 bits per heavy atom. The zero-order valence-electron chi connectivity index (χ0n) is 17.8. The van der Waals surface area contributed by atoms with Gasteiger partial charge in [0.05, 0.1) is 18.8 Å². The molecule has 33 heavy (non-hydrogen) atoms. The number of alkyl halides is 6. The quantitative estimate of drug-likeness (QED) is 0.432. The highest BCUT2D eigenvalue weighted by molar-refractivity contribution is 5.80. The van der Waals surface area contributed by atoms with Crippen molar-refractivity contribution in [2.24, 2.45) is 0 Å². The van der Waals surface area contributed by atoms with Crippen molar-refractivity contribution in [1.82, 2.24) is 9.97 Å². The molecule has 1 atom stereocenters. The second kappa shape index (κ2) is 8.19. The van der Waals surface area contributed by atoms with E-state index in [2.05, 4.69) is 9.97 Å². The third-order valence-corrected chi connectivity index (χ3v) is 5.49. The number of hydrogen-bond acceptors (Lipinski definition) is 3. The van der Waals surface area contributed by atoms with Gasteiger partial charge in [0.15, 0.2) is 5.60 Å². The molecule has 0 saturated carbocycles. The number of hydrogen-bond donors (Lipinski definition) is 2. The summed E-state index contributed by atoms with van der Waals surface area (Å²) in [6, 6.07) is 5.25. The minimum atomic E-state index is -5.10. The number of halogens is 7. The van der Waals surface area contributed by atoms with Gasteiger partial charge in [-0.15, -0.1) is 0 Å². The number of aromatic nitrogens is 2. The van der Waals surface area contributed by atoms with Crippen LogP contribution in [0.15, 0.2) is 36.5 Å². The summed E-state index contributed by atoms with van der Waals surface area (Å²) in [6.45, 7) is 2.82. The van der Waals surface area contributed by atoms with E-state index in [1.165, 1.54) is 27.0 Å². The van der Waals surface area contributed by atoms with Gasteiger partial charge in [-0.1, -0.05) is 13.8 Å². The van der Waals surface area contributed by atoms with Gasteiger partial charge in [-0.05, 0) is 42.2 Å². The van der Waals surface area contributed by atoms with E-state index in [0.29, 0.717) is 6.07 Å². The minimum absolute atomic E-state index is 0.00269. The van der Waals surface area contributed by atoms with Crippen LogP contribution in [0.1, 0.15) is 37.2 Å². The molecule has 0 aliphatic carbocycles. The summed E-state index contributed by atoms with van der Waals surface area (Å²) < 4.78 is 99.8. The Morgan fingerprint density at radius 3 is 2.27 bits per heavy atom. The van der Waals surface area contributed by atoms with Crippen LogP contribution in [-0.4, -0.2) is 34.0 Å². The summed E-state index contributed by atoms with van der Waals surface area (Å²) in [6.07, 6.45) is -10.8. The van der Waals surface area contributed by atoms with Gasteiger partial charge in [-0.25, -0.2) is 9.37 Å². The lowest BCUT2D eigenvalue weighted by Crippen LogP contribution is -2.51. The Morgan fingerprint density at radius 2 is 1.70 bits per heavy atom. The third-order valence-electron chi connectivity index (χ3n) is 5.49. The van der Waals surface area contributed by atoms with E-state index in [-0.39, 0.29) is 27.9 Å². The molecule has 2 heterocycles. The van der Waals surface area contributed by atoms with Crippen LogP contribution < -0.4 is 4.74 Å². The van der Waals surface area contributed by atoms with Crippen LogP contribution in [0.5, 0.6) is 5.75 Å². The van der Waals surface area contributed by atoms with Gasteiger partial charge in [0.25, 0.3) is 0 Å². The molecule has 3 rings (SSSR count). The molecule has 0 aliphatic rings. The van der Waals surface area contributed by atoms with Crippen LogP contribution in [0.2, 0.25) is 0 Å². The van der Waals surface area contributed by atoms with Crippen LogP contribution in [0.25, 0.3) is 10.9 Å². The fourth-order valence-electron chi connectivity index (χ4n) is 3.96. The molecule has 1 aromatic carbocycles. The Balaban J connectivity index is 1.99. The maximum atomic E-state index is 14.0. The van der Waals surface area contributed by atoms with E-state index in [4.69, 9.17) is 4.74 Å². The average molecular weight is 478 g/mol. The number of aliphatic hydroxyl groups is 1. The van der Waals surface area contributed by atoms with E-state index in [0.717, 1.165) is 24.4 Å². The molecule has 180 valence electrons. The van der Waals surface area contributed by atoms with Crippen LogP contribution in [0.3, 0.4) is 0 Å². The van der Waals surface area contributed by atoms with Crippen molar-refractivity contribution in [3.05, 3.63) is 59.3 Å². The highest BCUT2D eigenvalue weighted by atomic mass is 19.4. The summed E-state index contributed by atoms with van der Waals surface area (Å²) in [4.78, 5) is 5.86. The summed E-state index contributed by atoms with van der Waals surface area (Å²) in [5.41, 5.74) is -5.78. The first-order valence-corrected chi connectivity index (χ1v) is 9.74. The second-order valence-corrected chi connectivity index (χ2v) is 8.56. The zero-order valence-corrected chi connectivity index (χ0v) is 17.8. The maximum Gasteiger partial charge on any atom is 0.433 e. The van der Waals surface area contributed by atoms with Crippen molar-refractivity contribution in [3.63, 3.8) is 0 Å². The van der Waals surface area contributed by atoms with Crippen LogP contribution in [-0.2, 0) is 18.0 Å². The van der Waals surface area contributed by atoms with Crippen molar-refractivity contribution in [1.29, 1.82) is 0 Å². The largest absolute Gasteiger partial charge is 0.496 e. The molecule has 0 amide bonds.